The first-order valence-electron chi connectivity index (χ1n) is 4.97. The van der Waals surface area contributed by atoms with Crippen LogP contribution in [0.1, 0.15) is 19.2 Å². The van der Waals surface area contributed by atoms with Crippen LogP contribution in [0.2, 0.25) is 0 Å². The average Bonchev–Trinajstić information content (AvgIpc) is 2.62. The highest BCUT2D eigenvalue weighted by atomic mass is 32.1. The zero-order valence-electron chi connectivity index (χ0n) is 9.18. The molecule has 1 aromatic heterocycles. The molecule has 0 atom stereocenters. The summed E-state index contributed by atoms with van der Waals surface area (Å²) in [6, 6.07) is 0. The Balaban J connectivity index is 2.43. The predicted molar refractivity (Wildman–Crippen MR) is 63.4 cm³/mol. The zero-order chi connectivity index (χ0) is 11.3. The van der Waals surface area contributed by atoms with Crippen molar-refractivity contribution in [2.75, 3.05) is 13.6 Å². The van der Waals surface area contributed by atoms with Gasteiger partial charge in [-0.05, 0) is 14.0 Å². The van der Waals surface area contributed by atoms with Crippen LogP contribution in [-0.4, -0.2) is 38.2 Å². The molecule has 0 unspecified atom stereocenters. The van der Waals surface area contributed by atoms with Gasteiger partial charge in [0.15, 0.2) is 0 Å². The molecular weight excluding hydrogens is 210 g/mol. The smallest absolute Gasteiger partial charge is 0.140 e. The van der Waals surface area contributed by atoms with E-state index in [1.54, 1.807) is 6.33 Å². The molecule has 5 nitrogen and oxygen atoms in total. The van der Waals surface area contributed by atoms with Gasteiger partial charge in [-0.2, -0.15) is 5.10 Å². The average molecular weight is 227 g/mol. The highest BCUT2D eigenvalue weighted by Gasteiger charge is 2.06. The number of rotatable bonds is 6. The predicted octanol–water partition coefficient (Wildman–Crippen LogP) is 0.406. The minimum Gasteiger partial charge on any atom is -0.393 e. The molecule has 6 heteroatoms. The van der Waals surface area contributed by atoms with Gasteiger partial charge in [0.25, 0.3) is 0 Å². The van der Waals surface area contributed by atoms with Gasteiger partial charge in [0.2, 0.25) is 0 Å². The molecule has 0 aliphatic rings. The molecule has 0 aliphatic carbocycles. The first kappa shape index (κ1) is 12.1. The van der Waals surface area contributed by atoms with Crippen molar-refractivity contribution in [1.29, 1.82) is 0 Å². The summed E-state index contributed by atoms with van der Waals surface area (Å²) in [5.74, 6) is 0.975. The second-order valence-corrected chi connectivity index (χ2v) is 3.97. The third kappa shape index (κ3) is 3.93. The molecule has 0 radical (unpaired) electrons. The Morgan fingerprint density at radius 3 is 3.00 bits per heavy atom. The number of nitrogens with zero attached hydrogens (tertiary/aromatic N) is 4. The van der Waals surface area contributed by atoms with E-state index in [4.69, 9.17) is 18.0 Å². The Labute approximate surface area is 95.3 Å². The van der Waals surface area contributed by atoms with Crippen LogP contribution in [0.25, 0.3) is 0 Å². The monoisotopic (exact) mass is 227 g/mol. The highest BCUT2D eigenvalue weighted by molar-refractivity contribution is 7.80. The molecule has 1 heterocycles. The van der Waals surface area contributed by atoms with Crippen molar-refractivity contribution in [2.45, 2.75) is 26.4 Å². The van der Waals surface area contributed by atoms with Crippen LogP contribution < -0.4 is 5.73 Å². The van der Waals surface area contributed by atoms with E-state index < -0.39 is 0 Å². The van der Waals surface area contributed by atoms with E-state index in [1.165, 1.54) is 0 Å². The van der Waals surface area contributed by atoms with Crippen LogP contribution in [-0.2, 0) is 13.1 Å². The Morgan fingerprint density at radius 2 is 2.40 bits per heavy atom. The van der Waals surface area contributed by atoms with Gasteiger partial charge in [-0.25, -0.2) is 9.67 Å². The molecule has 2 N–H and O–H groups in total. The maximum absolute atomic E-state index is 5.44. The number of aryl methyl sites for hydroxylation is 1. The fraction of sp³-hybridized carbons (Fsp3) is 0.667. The van der Waals surface area contributed by atoms with Crippen LogP contribution in [0.4, 0.5) is 0 Å². The standard InChI is InChI=1S/C9H17N5S/c1-3-14-9(11-7-12-14)6-13(2)5-4-8(10)15/h7H,3-6H2,1-2H3,(H2,10,15). The third-order valence-corrected chi connectivity index (χ3v) is 2.35. The van der Waals surface area contributed by atoms with E-state index in [1.807, 2.05) is 18.7 Å². The lowest BCUT2D eigenvalue weighted by Crippen LogP contribution is -2.25. The molecule has 0 amide bonds. The Bertz CT molecular complexity index is 322. The highest BCUT2D eigenvalue weighted by Crippen LogP contribution is 1.99. The summed E-state index contributed by atoms with van der Waals surface area (Å²) < 4.78 is 1.89. The van der Waals surface area contributed by atoms with E-state index in [-0.39, 0.29) is 0 Å². The van der Waals surface area contributed by atoms with Crippen LogP contribution in [0.5, 0.6) is 0 Å². The molecule has 1 aromatic rings. The number of aromatic nitrogens is 3. The van der Waals surface area contributed by atoms with Gasteiger partial charge < -0.3 is 5.73 Å². The lowest BCUT2D eigenvalue weighted by molar-refractivity contribution is 0.320. The molecule has 84 valence electrons. The molecule has 0 spiro atoms. The SMILES string of the molecule is CCn1ncnc1CN(C)CCC(N)=S. The minimum atomic E-state index is 0.554. The summed E-state index contributed by atoms with van der Waals surface area (Å²) in [4.78, 5) is 6.89. The van der Waals surface area contributed by atoms with Crippen molar-refractivity contribution >= 4 is 17.2 Å². The number of hydrogen-bond acceptors (Lipinski definition) is 4. The van der Waals surface area contributed by atoms with Crippen molar-refractivity contribution in [1.82, 2.24) is 19.7 Å². The van der Waals surface area contributed by atoms with Crippen molar-refractivity contribution in [3.05, 3.63) is 12.2 Å². The van der Waals surface area contributed by atoms with Gasteiger partial charge in [-0.15, -0.1) is 0 Å². The van der Waals surface area contributed by atoms with Gasteiger partial charge in [0.1, 0.15) is 12.2 Å². The van der Waals surface area contributed by atoms with Gasteiger partial charge in [-0.3, -0.25) is 4.90 Å². The fourth-order valence-electron chi connectivity index (χ4n) is 1.30. The lowest BCUT2D eigenvalue weighted by Gasteiger charge is -2.15. The van der Waals surface area contributed by atoms with E-state index in [9.17, 15) is 0 Å². The van der Waals surface area contributed by atoms with Gasteiger partial charge in [0.05, 0.1) is 11.5 Å². The number of thiocarbonyl (C=S) groups is 1. The summed E-state index contributed by atoms with van der Waals surface area (Å²) in [6.45, 7) is 4.52. The summed E-state index contributed by atoms with van der Waals surface area (Å²) in [5.41, 5.74) is 5.44. The second-order valence-electron chi connectivity index (χ2n) is 3.45. The number of nitrogens with two attached hydrogens (primary N) is 1. The van der Waals surface area contributed by atoms with Crippen LogP contribution >= 0.6 is 12.2 Å². The van der Waals surface area contributed by atoms with Crippen LogP contribution in [0.15, 0.2) is 6.33 Å². The third-order valence-electron chi connectivity index (χ3n) is 2.15. The summed E-state index contributed by atoms with van der Waals surface area (Å²) in [5, 5.41) is 4.11. The van der Waals surface area contributed by atoms with Gasteiger partial charge in [-0.1, -0.05) is 12.2 Å². The maximum Gasteiger partial charge on any atom is 0.140 e. The van der Waals surface area contributed by atoms with Crippen molar-refractivity contribution in [2.24, 2.45) is 5.73 Å². The second kappa shape index (κ2) is 5.77. The van der Waals surface area contributed by atoms with Crippen LogP contribution in [0, 0.1) is 0 Å². The van der Waals surface area contributed by atoms with E-state index in [0.29, 0.717) is 4.99 Å². The molecule has 1 rings (SSSR count). The maximum atomic E-state index is 5.44. The largest absolute Gasteiger partial charge is 0.393 e. The normalized spacial score (nSPS) is 10.9. The fourth-order valence-corrected chi connectivity index (χ4v) is 1.39. The molecule has 0 aromatic carbocycles. The topological polar surface area (TPSA) is 60.0 Å². The van der Waals surface area contributed by atoms with E-state index in [2.05, 4.69) is 15.0 Å². The molecule has 15 heavy (non-hydrogen) atoms. The van der Waals surface area contributed by atoms with Crippen molar-refractivity contribution < 1.29 is 0 Å². The first-order valence-corrected chi connectivity index (χ1v) is 5.37. The van der Waals surface area contributed by atoms with Gasteiger partial charge in [0, 0.05) is 19.5 Å². The molecular formula is C9H17N5S. The van der Waals surface area contributed by atoms with E-state index in [0.717, 1.165) is 31.9 Å². The van der Waals surface area contributed by atoms with Crippen molar-refractivity contribution in [3.8, 4) is 0 Å². The Kier molecular flexibility index (Phi) is 4.64. The zero-order valence-corrected chi connectivity index (χ0v) is 10.00. The Morgan fingerprint density at radius 1 is 1.67 bits per heavy atom. The summed E-state index contributed by atoms with van der Waals surface area (Å²) in [7, 11) is 2.02. The molecule has 0 fully saturated rings. The lowest BCUT2D eigenvalue weighted by atomic mass is 10.4. The van der Waals surface area contributed by atoms with Gasteiger partial charge >= 0.3 is 0 Å². The molecule has 0 saturated carbocycles. The summed E-state index contributed by atoms with van der Waals surface area (Å²) in [6.07, 6.45) is 2.33. The molecule has 0 aliphatic heterocycles. The summed E-state index contributed by atoms with van der Waals surface area (Å²) >= 11 is 4.83. The molecule has 0 bridgehead atoms. The first-order chi connectivity index (χ1) is 7.13. The molecule has 0 saturated heterocycles. The quantitative estimate of drug-likeness (QED) is 0.713. The van der Waals surface area contributed by atoms with E-state index >= 15 is 0 Å². The minimum absolute atomic E-state index is 0.554. The Hall–Kier alpha value is -1.01. The van der Waals surface area contributed by atoms with Crippen molar-refractivity contribution in [3.63, 3.8) is 0 Å². The number of hydrogen-bond donors (Lipinski definition) is 1. The van der Waals surface area contributed by atoms with Crippen LogP contribution in [0.3, 0.4) is 0 Å².